The number of halogens is 1. The lowest BCUT2D eigenvalue weighted by Crippen LogP contribution is -2.20. The molecule has 1 N–H and O–H groups in total. The second-order valence-electron chi connectivity index (χ2n) is 5.48. The number of carbonyl (C=O) groups excluding carboxylic acids is 1. The van der Waals surface area contributed by atoms with Gasteiger partial charge in [0.2, 0.25) is 0 Å². The van der Waals surface area contributed by atoms with Gasteiger partial charge in [-0.05, 0) is 44.2 Å². The molecule has 0 spiro atoms. The molecule has 0 aliphatic carbocycles. The van der Waals surface area contributed by atoms with Gasteiger partial charge in [-0.2, -0.15) is 5.10 Å². The van der Waals surface area contributed by atoms with Gasteiger partial charge in [0.15, 0.2) is 6.61 Å². The highest BCUT2D eigenvalue weighted by Gasteiger charge is 2.14. The average molecular weight is 345 g/mol. The molecule has 0 unspecified atom stereocenters. The van der Waals surface area contributed by atoms with Crippen molar-refractivity contribution in [3.8, 4) is 17.3 Å². The minimum Gasteiger partial charge on any atom is -0.484 e. The zero-order chi connectivity index (χ0) is 17.8. The van der Waals surface area contributed by atoms with Gasteiger partial charge in [-0.25, -0.2) is 4.39 Å². The third-order valence-corrected chi connectivity index (χ3v) is 3.21. The Morgan fingerprint density at radius 3 is 2.72 bits per heavy atom. The van der Waals surface area contributed by atoms with Crippen LogP contribution < -0.4 is 10.1 Å². The van der Waals surface area contributed by atoms with Crippen molar-refractivity contribution in [2.24, 2.45) is 0 Å². The highest BCUT2D eigenvalue weighted by atomic mass is 19.1. The van der Waals surface area contributed by atoms with Gasteiger partial charge >= 0.3 is 6.01 Å². The normalized spacial score (nSPS) is 10.9. The predicted molar refractivity (Wildman–Crippen MR) is 86.4 cm³/mol. The number of nitrogens with zero attached hydrogens (tertiary/aromatic N) is 4. The van der Waals surface area contributed by atoms with Crippen LogP contribution in [0.2, 0.25) is 0 Å². The number of ether oxygens (including phenoxy) is 1. The van der Waals surface area contributed by atoms with E-state index < -0.39 is 5.91 Å². The topological polar surface area (TPSA) is 95.1 Å². The van der Waals surface area contributed by atoms with E-state index in [0.717, 1.165) is 0 Å². The standard InChI is InChI=1S/C16H16FN5O3/c1-10(2)22-8-7-13(21-22)15-19-20-16(25-15)18-14(23)9-24-12-5-3-11(17)4-6-12/h3-8,10H,9H2,1-2H3,(H,18,20,23). The molecule has 8 nitrogen and oxygen atoms in total. The summed E-state index contributed by atoms with van der Waals surface area (Å²) in [5.74, 6) is -0.279. The number of benzene rings is 1. The Balaban J connectivity index is 1.56. The van der Waals surface area contributed by atoms with E-state index in [-0.39, 0.29) is 30.4 Å². The summed E-state index contributed by atoms with van der Waals surface area (Å²) in [4.78, 5) is 11.8. The molecule has 2 aromatic heterocycles. The second-order valence-corrected chi connectivity index (χ2v) is 5.48. The van der Waals surface area contributed by atoms with Crippen molar-refractivity contribution < 1.29 is 18.3 Å². The lowest BCUT2D eigenvalue weighted by molar-refractivity contribution is -0.118. The minimum atomic E-state index is -0.479. The zero-order valence-corrected chi connectivity index (χ0v) is 13.6. The van der Waals surface area contributed by atoms with Gasteiger partial charge < -0.3 is 9.15 Å². The first-order chi connectivity index (χ1) is 12.0. The number of amides is 1. The van der Waals surface area contributed by atoms with Gasteiger partial charge in [0.25, 0.3) is 11.8 Å². The van der Waals surface area contributed by atoms with Crippen molar-refractivity contribution in [3.05, 3.63) is 42.3 Å². The number of carbonyl (C=O) groups is 1. The van der Waals surface area contributed by atoms with Gasteiger partial charge in [0.05, 0.1) is 0 Å². The van der Waals surface area contributed by atoms with E-state index in [1.807, 2.05) is 13.8 Å². The Labute approximate surface area is 142 Å². The van der Waals surface area contributed by atoms with Gasteiger partial charge in [-0.1, -0.05) is 5.10 Å². The summed E-state index contributed by atoms with van der Waals surface area (Å²) >= 11 is 0. The largest absolute Gasteiger partial charge is 0.484 e. The summed E-state index contributed by atoms with van der Waals surface area (Å²) in [6.45, 7) is 3.72. The highest BCUT2D eigenvalue weighted by molar-refractivity contribution is 5.89. The van der Waals surface area contributed by atoms with Crippen LogP contribution in [0.15, 0.2) is 40.9 Å². The number of hydrogen-bond donors (Lipinski definition) is 1. The molecule has 0 fully saturated rings. The van der Waals surface area contributed by atoms with Crippen LogP contribution in [0.3, 0.4) is 0 Å². The summed E-state index contributed by atoms with van der Waals surface area (Å²) in [5, 5.41) is 14.3. The van der Waals surface area contributed by atoms with Crippen LogP contribution in [0.4, 0.5) is 10.4 Å². The van der Waals surface area contributed by atoms with Crippen molar-refractivity contribution >= 4 is 11.9 Å². The zero-order valence-electron chi connectivity index (χ0n) is 13.6. The minimum absolute atomic E-state index is 0.0539. The van der Waals surface area contributed by atoms with Crippen molar-refractivity contribution in [2.75, 3.05) is 11.9 Å². The van der Waals surface area contributed by atoms with E-state index in [1.165, 1.54) is 24.3 Å². The Morgan fingerprint density at radius 2 is 2.04 bits per heavy atom. The van der Waals surface area contributed by atoms with Crippen LogP contribution in [-0.2, 0) is 4.79 Å². The van der Waals surface area contributed by atoms with E-state index in [2.05, 4.69) is 20.6 Å². The van der Waals surface area contributed by atoms with Gasteiger partial charge in [-0.3, -0.25) is 14.8 Å². The molecule has 9 heteroatoms. The van der Waals surface area contributed by atoms with Gasteiger partial charge in [0, 0.05) is 12.2 Å². The van der Waals surface area contributed by atoms with E-state index >= 15 is 0 Å². The summed E-state index contributed by atoms with van der Waals surface area (Å²) in [6.07, 6.45) is 1.80. The van der Waals surface area contributed by atoms with E-state index in [0.29, 0.717) is 11.4 Å². The first kappa shape index (κ1) is 16.6. The predicted octanol–water partition coefficient (Wildman–Crippen LogP) is 2.67. The maximum atomic E-state index is 12.8. The number of rotatable bonds is 6. The third kappa shape index (κ3) is 4.19. The second kappa shape index (κ2) is 7.12. The van der Waals surface area contributed by atoms with Crippen molar-refractivity contribution in [3.63, 3.8) is 0 Å². The number of nitrogens with one attached hydrogen (secondary N) is 1. The smallest absolute Gasteiger partial charge is 0.322 e. The van der Waals surface area contributed by atoms with E-state index in [1.54, 1.807) is 16.9 Å². The fraction of sp³-hybridized carbons (Fsp3) is 0.250. The van der Waals surface area contributed by atoms with E-state index in [4.69, 9.17) is 9.15 Å². The maximum Gasteiger partial charge on any atom is 0.322 e. The average Bonchev–Trinajstić information content (AvgIpc) is 3.23. The molecule has 3 rings (SSSR count). The summed E-state index contributed by atoms with van der Waals surface area (Å²) in [7, 11) is 0. The molecule has 1 amide bonds. The van der Waals surface area contributed by atoms with Gasteiger partial charge in [-0.15, -0.1) is 5.10 Å². The first-order valence-electron chi connectivity index (χ1n) is 7.58. The van der Waals surface area contributed by atoms with Crippen LogP contribution in [0.5, 0.6) is 5.75 Å². The quantitative estimate of drug-likeness (QED) is 0.738. The lowest BCUT2D eigenvalue weighted by atomic mass is 10.3. The monoisotopic (exact) mass is 345 g/mol. The molecule has 0 saturated carbocycles. The van der Waals surface area contributed by atoms with Crippen molar-refractivity contribution in [1.29, 1.82) is 0 Å². The van der Waals surface area contributed by atoms with E-state index in [9.17, 15) is 9.18 Å². The summed E-state index contributed by atoms with van der Waals surface area (Å²) in [5.41, 5.74) is 0.518. The molecule has 1 aromatic carbocycles. The lowest BCUT2D eigenvalue weighted by Gasteiger charge is -2.04. The fourth-order valence-electron chi connectivity index (χ4n) is 1.95. The molecule has 0 aliphatic heterocycles. The summed E-state index contributed by atoms with van der Waals surface area (Å²) < 4.78 is 25.1. The molecule has 0 saturated heterocycles. The molecule has 0 radical (unpaired) electrons. The van der Waals surface area contributed by atoms with Crippen molar-refractivity contribution in [2.45, 2.75) is 19.9 Å². The van der Waals surface area contributed by atoms with Crippen LogP contribution in [-0.4, -0.2) is 32.5 Å². The first-order valence-corrected chi connectivity index (χ1v) is 7.58. The van der Waals surface area contributed by atoms with Gasteiger partial charge in [0.1, 0.15) is 17.3 Å². The molecule has 25 heavy (non-hydrogen) atoms. The molecular weight excluding hydrogens is 329 g/mol. The number of aromatic nitrogens is 4. The SMILES string of the molecule is CC(C)n1ccc(-c2nnc(NC(=O)COc3ccc(F)cc3)o2)n1. The molecule has 2 heterocycles. The Hall–Kier alpha value is -3.23. The Morgan fingerprint density at radius 1 is 1.28 bits per heavy atom. The maximum absolute atomic E-state index is 12.8. The van der Waals surface area contributed by atoms with Crippen LogP contribution in [0.25, 0.3) is 11.6 Å². The van der Waals surface area contributed by atoms with Crippen LogP contribution in [0, 0.1) is 5.82 Å². The molecule has 130 valence electrons. The van der Waals surface area contributed by atoms with Crippen molar-refractivity contribution in [1.82, 2.24) is 20.0 Å². The Kier molecular flexibility index (Phi) is 4.73. The Bertz CT molecular complexity index is 857. The van der Waals surface area contributed by atoms with Crippen LogP contribution in [0.1, 0.15) is 19.9 Å². The number of anilines is 1. The third-order valence-electron chi connectivity index (χ3n) is 3.21. The molecular formula is C16H16FN5O3. The number of hydrogen-bond acceptors (Lipinski definition) is 6. The molecule has 3 aromatic rings. The fourth-order valence-corrected chi connectivity index (χ4v) is 1.95. The molecule has 0 bridgehead atoms. The van der Waals surface area contributed by atoms with Crippen LogP contribution >= 0.6 is 0 Å². The highest BCUT2D eigenvalue weighted by Crippen LogP contribution is 2.19. The summed E-state index contributed by atoms with van der Waals surface area (Å²) in [6, 6.07) is 7.25. The molecule has 0 aliphatic rings. The molecule has 0 atom stereocenters.